The molecule has 0 aromatic heterocycles. The molecule has 2 unspecified atom stereocenters. The van der Waals surface area contributed by atoms with Crippen LogP contribution in [0.2, 0.25) is 0 Å². The Balaban J connectivity index is 1.51. The lowest BCUT2D eigenvalue weighted by molar-refractivity contribution is 0.0205. The maximum Gasteiger partial charge on any atom is 0.410 e. The normalized spacial score (nSPS) is 26.6. The number of hydrogen-bond donors (Lipinski definition) is 0. The molecule has 1 spiro atoms. The lowest BCUT2D eigenvalue weighted by Gasteiger charge is -2.29. The van der Waals surface area contributed by atoms with E-state index in [4.69, 9.17) is 4.74 Å². The van der Waals surface area contributed by atoms with Gasteiger partial charge in [0, 0.05) is 11.8 Å². The van der Waals surface area contributed by atoms with Crippen molar-refractivity contribution in [2.45, 2.75) is 62.8 Å². The average Bonchev–Trinajstić information content (AvgIpc) is 2.98. The van der Waals surface area contributed by atoms with Crippen molar-refractivity contribution in [2.75, 3.05) is 12.3 Å². The topological polar surface area (TPSA) is 29.5 Å². The molecule has 3 rings (SSSR count). The second kappa shape index (κ2) is 6.39. The second-order valence-electron chi connectivity index (χ2n) is 7.64. The number of benzene rings is 1. The summed E-state index contributed by atoms with van der Waals surface area (Å²) in [6, 6.07) is 10.6. The van der Waals surface area contributed by atoms with Gasteiger partial charge in [-0.15, -0.1) is 0 Å². The largest absolute Gasteiger partial charge is 0.444 e. The Bertz CT molecular complexity index is 554. The standard InChI is InChI=1S/C19H27NO2S/c1-18(2,3)22-17(21)20-12-7-11-19(20)14-16(19)23-13-10-15-8-5-4-6-9-15/h4-6,8-9,16H,7,10-14H2,1-3H3. The van der Waals surface area contributed by atoms with Gasteiger partial charge < -0.3 is 9.64 Å². The van der Waals surface area contributed by atoms with Crippen LogP contribution >= 0.6 is 11.8 Å². The van der Waals surface area contributed by atoms with Crippen molar-refractivity contribution in [1.29, 1.82) is 0 Å². The predicted octanol–water partition coefficient (Wildman–Crippen LogP) is 4.50. The number of nitrogens with zero attached hydrogens (tertiary/aromatic N) is 1. The van der Waals surface area contributed by atoms with E-state index in [2.05, 4.69) is 30.3 Å². The van der Waals surface area contributed by atoms with Gasteiger partial charge in [-0.25, -0.2) is 4.79 Å². The molecule has 3 nitrogen and oxygen atoms in total. The quantitative estimate of drug-likeness (QED) is 0.812. The molecule has 2 atom stereocenters. The monoisotopic (exact) mass is 333 g/mol. The fourth-order valence-electron chi connectivity index (χ4n) is 3.48. The highest BCUT2D eigenvalue weighted by Crippen LogP contribution is 2.56. The first-order chi connectivity index (χ1) is 10.9. The van der Waals surface area contributed by atoms with E-state index in [9.17, 15) is 4.79 Å². The van der Waals surface area contributed by atoms with Gasteiger partial charge in [0.2, 0.25) is 0 Å². The summed E-state index contributed by atoms with van der Waals surface area (Å²) in [5.74, 6) is 1.12. The zero-order chi connectivity index (χ0) is 16.5. The third kappa shape index (κ3) is 3.85. The summed E-state index contributed by atoms with van der Waals surface area (Å²) >= 11 is 2.02. The first-order valence-corrected chi connectivity index (χ1v) is 9.62. The number of carbonyl (C=O) groups excluding carboxylic acids is 1. The van der Waals surface area contributed by atoms with Crippen LogP contribution in [0.5, 0.6) is 0 Å². The number of hydrogen-bond acceptors (Lipinski definition) is 3. The fourth-order valence-corrected chi connectivity index (χ4v) is 5.08. The van der Waals surface area contributed by atoms with Crippen molar-refractivity contribution in [3.63, 3.8) is 0 Å². The van der Waals surface area contributed by atoms with Crippen molar-refractivity contribution in [3.05, 3.63) is 35.9 Å². The first kappa shape index (κ1) is 16.7. The smallest absolute Gasteiger partial charge is 0.410 e. The van der Waals surface area contributed by atoms with Crippen LogP contribution in [-0.2, 0) is 11.2 Å². The summed E-state index contributed by atoms with van der Waals surface area (Å²) in [4.78, 5) is 14.5. The summed E-state index contributed by atoms with van der Waals surface area (Å²) in [7, 11) is 0. The second-order valence-corrected chi connectivity index (χ2v) is 8.95. The van der Waals surface area contributed by atoms with E-state index in [1.165, 1.54) is 5.56 Å². The van der Waals surface area contributed by atoms with Crippen molar-refractivity contribution in [1.82, 2.24) is 4.90 Å². The first-order valence-electron chi connectivity index (χ1n) is 8.57. The number of thioether (sulfide) groups is 1. The molecule has 1 aliphatic heterocycles. The molecule has 1 amide bonds. The number of ether oxygens (including phenoxy) is 1. The van der Waals surface area contributed by atoms with Gasteiger partial charge in [0.15, 0.2) is 0 Å². The van der Waals surface area contributed by atoms with Gasteiger partial charge in [0.1, 0.15) is 5.60 Å². The van der Waals surface area contributed by atoms with Crippen LogP contribution in [0, 0.1) is 0 Å². The van der Waals surface area contributed by atoms with Crippen LogP contribution < -0.4 is 0 Å². The molecule has 2 fully saturated rings. The maximum atomic E-state index is 12.5. The molecule has 4 heteroatoms. The molecule has 1 heterocycles. The lowest BCUT2D eigenvalue weighted by Crippen LogP contribution is -2.42. The summed E-state index contributed by atoms with van der Waals surface area (Å²) < 4.78 is 5.60. The van der Waals surface area contributed by atoms with E-state index in [0.29, 0.717) is 5.25 Å². The van der Waals surface area contributed by atoms with E-state index >= 15 is 0 Å². The van der Waals surface area contributed by atoms with E-state index in [1.54, 1.807) is 0 Å². The van der Waals surface area contributed by atoms with Crippen molar-refractivity contribution < 1.29 is 9.53 Å². The van der Waals surface area contributed by atoms with Gasteiger partial charge in [-0.3, -0.25) is 0 Å². The van der Waals surface area contributed by atoms with Crippen LogP contribution in [0.3, 0.4) is 0 Å². The number of carbonyl (C=O) groups is 1. The maximum absolute atomic E-state index is 12.5. The van der Waals surface area contributed by atoms with Crippen molar-refractivity contribution in [3.8, 4) is 0 Å². The molecule has 1 aromatic carbocycles. The lowest BCUT2D eigenvalue weighted by atomic mass is 10.2. The molecule has 2 aliphatic rings. The molecule has 0 radical (unpaired) electrons. The Morgan fingerprint density at radius 1 is 1.35 bits per heavy atom. The third-order valence-electron chi connectivity index (χ3n) is 4.67. The summed E-state index contributed by atoms with van der Waals surface area (Å²) in [6.07, 6.45) is 4.35. The fraction of sp³-hybridized carbons (Fsp3) is 0.632. The number of aryl methyl sites for hydroxylation is 1. The Kier molecular flexibility index (Phi) is 4.63. The molecule has 1 saturated carbocycles. The zero-order valence-electron chi connectivity index (χ0n) is 14.4. The third-order valence-corrected chi connectivity index (χ3v) is 6.12. The minimum atomic E-state index is -0.411. The molecule has 0 bridgehead atoms. The van der Waals surface area contributed by atoms with Crippen LogP contribution in [0.15, 0.2) is 30.3 Å². The number of likely N-dealkylation sites (tertiary alicyclic amines) is 1. The van der Waals surface area contributed by atoms with E-state index in [0.717, 1.165) is 38.0 Å². The van der Waals surface area contributed by atoms with E-state index in [1.807, 2.05) is 37.4 Å². The van der Waals surface area contributed by atoms with E-state index in [-0.39, 0.29) is 11.6 Å². The minimum absolute atomic E-state index is 0.0870. The van der Waals surface area contributed by atoms with Crippen LogP contribution in [0.25, 0.3) is 0 Å². The molecule has 126 valence electrons. The summed E-state index contributed by atoms with van der Waals surface area (Å²) in [5, 5.41) is 0.584. The summed E-state index contributed by atoms with van der Waals surface area (Å²) in [5.41, 5.74) is 1.07. The molecule has 1 aromatic rings. The Labute approximate surface area is 143 Å². The molecule has 23 heavy (non-hydrogen) atoms. The molecular weight excluding hydrogens is 306 g/mol. The van der Waals surface area contributed by atoms with Gasteiger partial charge in [0.05, 0.1) is 5.54 Å². The molecule has 0 N–H and O–H groups in total. The van der Waals surface area contributed by atoms with Gasteiger partial charge in [-0.1, -0.05) is 30.3 Å². The zero-order valence-corrected chi connectivity index (χ0v) is 15.2. The number of rotatable bonds is 4. The predicted molar refractivity (Wildman–Crippen MR) is 95.9 cm³/mol. The van der Waals surface area contributed by atoms with E-state index < -0.39 is 5.60 Å². The highest BCUT2D eigenvalue weighted by atomic mass is 32.2. The molecule has 1 aliphatic carbocycles. The molecular formula is C19H27NO2S. The van der Waals surface area contributed by atoms with Gasteiger partial charge in [0.25, 0.3) is 0 Å². The summed E-state index contributed by atoms with van der Waals surface area (Å²) in [6.45, 7) is 6.66. The Hall–Kier alpha value is -1.16. The Morgan fingerprint density at radius 2 is 2.09 bits per heavy atom. The van der Waals surface area contributed by atoms with Crippen LogP contribution in [0.4, 0.5) is 4.79 Å². The van der Waals surface area contributed by atoms with Crippen molar-refractivity contribution in [2.24, 2.45) is 0 Å². The minimum Gasteiger partial charge on any atom is -0.444 e. The highest BCUT2D eigenvalue weighted by molar-refractivity contribution is 8.00. The number of amides is 1. The highest BCUT2D eigenvalue weighted by Gasteiger charge is 2.62. The van der Waals surface area contributed by atoms with Gasteiger partial charge >= 0.3 is 6.09 Å². The molecule has 1 saturated heterocycles. The average molecular weight is 333 g/mol. The van der Waals surface area contributed by atoms with Crippen LogP contribution in [-0.4, -0.2) is 39.7 Å². The SMILES string of the molecule is CC(C)(C)OC(=O)N1CCCC12CC2SCCc1ccccc1. The van der Waals surface area contributed by atoms with Gasteiger partial charge in [-0.05, 0) is 57.8 Å². The Morgan fingerprint density at radius 3 is 2.78 bits per heavy atom. The van der Waals surface area contributed by atoms with Gasteiger partial charge in [-0.2, -0.15) is 11.8 Å². The van der Waals surface area contributed by atoms with Crippen molar-refractivity contribution >= 4 is 17.9 Å². The van der Waals surface area contributed by atoms with Crippen LogP contribution in [0.1, 0.15) is 45.6 Å².